The van der Waals surface area contributed by atoms with Gasteiger partial charge in [0.15, 0.2) is 0 Å². The third-order valence-electron chi connectivity index (χ3n) is 4.20. The smallest absolute Gasteiger partial charge is 0.0417 e. The van der Waals surface area contributed by atoms with Crippen molar-refractivity contribution in [3.05, 3.63) is 0 Å². The summed E-state index contributed by atoms with van der Waals surface area (Å²) in [5.41, 5.74) is 0. The topological polar surface area (TPSA) is 0 Å². The predicted octanol–water partition coefficient (Wildman–Crippen LogP) is 5.56. The summed E-state index contributed by atoms with van der Waals surface area (Å²) in [5, 5.41) is 0. The number of hydrogen-bond acceptors (Lipinski definition) is 0. The lowest BCUT2D eigenvalue weighted by Gasteiger charge is -2.17. The average Bonchev–Trinajstić information content (AvgIpc) is 2.23. The van der Waals surface area contributed by atoms with Crippen LogP contribution in [0.1, 0.15) is 84.5 Å². The molecule has 0 aromatic heterocycles. The summed E-state index contributed by atoms with van der Waals surface area (Å²) < 4.78 is 0. The monoisotopic (exact) mass is 210 g/mol. The lowest BCUT2D eigenvalue weighted by molar-refractivity contribution is 0.362. The Labute approximate surface area is 96.8 Å². The van der Waals surface area contributed by atoms with Crippen LogP contribution in [0, 0.1) is 11.8 Å². The Morgan fingerprint density at radius 1 is 0.733 bits per heavy atom. The largest absolute Gasteiger partial charge is 0.0651 e. The van der Waals surface area contributed by atoms with Crippen molar-refractivity contribution in [3.63, 3.8) is 0 Å². The molecule has 1 aliphatic rings. The quantitative estimate of drug-likeness (QED) is 0.531. The van der Waals surface area contributed by atoms with E-state index in [-0.39, 0.29) is 0 Å². The van der Waals surface area contributed by atoms with Crippen LogP contribution in [0.3, 0.4) is 0 Å². The summed E-state index contributed by atoms with van der Waals surface area (Å²) in [6.07, 6.45) is 16.3. The minimum absolute atomic E-state index is 0.990. The highest BCUT2D eigenvalue weighted by Crippen LogP contribution is 2.24. The fraction of sp³-hybridized carbons (Fsp3) is 1.00. The fourth-order valence-electron chi connectivity index (χ4n) is 2.90. The van der Waals surface area contributed by atoms with E-state index in [0.29, 0.717) is 0 Å². The van der Waals surface area contributed by atoms with Crippen molar-refractivity contribution in [2.45, 2.75) is 84.5 Å². The highest BCUT2D eigenvalue weighted by atomic mass is 14.1. The van der Waals surface area contributed by atoms with Crippen LogP contribution in [-0.2, 0) is 0 Å². The fourth-order valence-corrected chi connectivity index (χ4v) is 2.90. The van der Waals surface area contributed by atoms with Gasteiger partial charge in [0, 0.05) is 0 Å². The van der Waals surface area contributed by atoms with Crippen molar-refractivity contribution in [2.24, 2.45) is 11.8 Å². The second-order valence-electron chi connectivity index (χ2n) is 5.66. The molecule has 0 heterocycles. The van der Waals surface area contributed by atoms with Crippen LogP contribution in [0.5, 0.6) is 0 Å². The first-order chi connectivity index (χ1) is 7.33. The molecule has 0 bridgehead atoms. The van der Waals surface area contributed by atoms with E-state index in [1.807, 2.05) is 0 Å². The molecule has 0 heteroatoms. The standard InChI is InChI=1S/C15H30/c1-3-15-12-7-5-4-6-10-14(2)11-8-9-13-15/h14-15H,3-13H2,1-2H3. The zero-order chi connectivity index (χ0) is 10.9. The first-order valence-electron chi connectivity index (χ1n) is 7.33. The van der Waals surface area contributed by atoms with Gasteiger partial charge in [-0.05, 0) is 11.8 Å². The lowest BCUT2D eigenvalue weighted by atomic mass is 9.89. The summed E-state index contributed by atoms with van der Waals surface area (Å²) in [5.74, 6) is 2.03. The summed E-state index contributed by atoms with van der Waals surface area (Å²) in [6, 6.07) is 0. The van der Waals surface area contributed by atoms with Gasteiger partial charge in [-0.25, -0.2) is 0 Å². The first-order valence-corrected chi connectivity index (χ1v) is 7.33. The van der Waals surface area contributed by atoms with Crippen LogP contribution in [-0.4, -0.2) is 0 Å². The Hall–Kier alpha value is 0. The van der Waals surface area contributed by atoms with Crippen molar-refractivity contribution in [1.29, 1.82) is 0 Å². The van der Waals surface area contributed by atoms with Crippen molar-refractivity contribution < 1.29 is 0 Å². The van der Waals surface area contributed by atoms with Gasteiger partial charge < -0.3 is 0 Å². The normalized spacial score (nSPS) is 31.6. The van der Waals surface area contributed by atoms with Crippen molar-refractivity contribution >= 4 is 0 Å². The maximum Gasteiger partial charge on any atom is -0.0417 e. The second-order valence-corrected chi connectivity index (χ2v) is 5.66. The molecule has 2 atom stereocenters. The Kier molecular flexibility index (Phi) is 7.13. The average molecular weight is 210 g/mol. The van der Waals surface area contributed by atoms with E-state index in [4.69, 9.17) is 0 Å². The Bertz CT molecular complexity index is 139. The maximum absolute atomic E-state index is 2.45. The SMILES string of the molecule is CCC1CCCCCCC(C)CCCC1. The first kappa shape index (κ1) is 13.1. The Morgan fingerprint density at radius 3 is 1.80 bits per heavy atom. The van der Waals surface area contributed by atoms with Gasteiger partial charge in [0.05, 0.1) is 0 Å². The Balaban J connectivity index is 2.24. The maximum atomic E-state index is 2.45. The minimum Gasteiger partial charge on any atom is -0.0651 e. The molecule has 0 nitrogen and oxygen atoms in total. The van der Waals surface area contributed by atoms with Gasteiger partial charge in [-0.15, -0.1) is 0 Å². The molecule has 2 unspecified atom stereocenters. The molecule has 0 aliphatic heterocycles. The molecule has 0 amide bonds. The molecule has 1 fully saturated rings. The third-order valence-corrected chi connectivity index (χ3v) is 4.20. The highest BCUT2D eigenvalue weighted by molar-refractivity contribution is 4.62. The van der Waals surface area contributed by atoms with E-state index in [1.54, 1.807) is 0 Å². The molecule has 90 valence electrons. The van der Waals surface area contributed by atoms with Crippen molar-refractivity contribution in [2.75, 3.05) is 0 Å². The molecule has 0 radical (unpaired) electrons. The Morgan fingerprint density at radius 2 is 1.20 bits per heavy atom. The molecule has 0 N–H and O–H groups in total. The van der Waals surface area contributed by atoms with Gasteiger partial charge in [-0.3, -0.25) is 0 Å². The van der Waals surface area contributed by atoms with E-state index in [0.717, 1.165) is 11.8 Å². The van der Waals surface area contributed by atoms with Crippen LogP contribution < -0.4 is 0 Å². The summed E-state index contributed by atoms with van der Waals surface area (Å²) >= 11 is 0. The van der Waals surface area contributed by atoms with Gasteiger partial charge in [-0.1, -0.05) is 84.5 Å². The molecule has 0 spiro atoms. The van der Waals surface area contributed by atoms with Gasteiger partial charge in [0.25, 0.3) is 0 Å². The lowest BCUT2D eigenvalue weighted by Crippen LogP contribution is -2.02. The van der Waals surface area contributed by atoms with Crippen LogP contribution >= 0.6 is 0 Å². The molecule has 1 saturated carbocycles. The van der Waals surface area contributed by atoms with Gasteiger partial charge >= 0.3 is 0 Å². The third kappa shape index (κ3) is 6.22. The van der Waals surface area contributed by atoms with Crippen molar-refractivity contribution in [3.8, 4) is 0 Å². The van der Waals surface area contributed by atoms with E-state index >= 15 is 0 Å². The second kappa shape index (κ2) is 8.19. The van der Waals surface area contributed by atoms with Crippen LogP contribution in [0.25, 0.3) is 0 Å². The summed E-state index contributed by atoms with van der Waals surface area (Å²) in [7, 11) is 0. The molecule has 0 aromatic carbocycles. The zero-order valence-electron chi connectivity index (χ0n) is 10.9. The molecule has 0 saturated heterocycles. The predicted molar refractivity (Wildman–Crippen MR) is 69.1 cm³/mol. The highest BCUT2D eigenvalue weighted by Gasteiger charge is 2.08. The van der Waals surface area contributed by atoms with E-state index in [2.05, 4.69) is 13.8 Å². The molecule has 0 aromatic rings. The van der Waals surface area contributed by atoms with Gasteiger partial charge in [0.1, 0.15) is 0 Å². The summed E-state index contributed by atoms with van der Waals surface area (Å²) in [4.78, 5) is 0. The molecule has 1 rings (SSSR count). The zero-order valence-corrected chi connectivity index (χ0v) is 10.9. The molecule has 15 heavy (non-hydrogen) atoms. The van der Waals surface area contributed by atoms with E-state index in [1.165, 1.54) is 70.6 Å². The molecular formula is C15H30. The van der Waals surface area contributed by atoms with E-state index < -0.39 is 0 Å². The van der Waals surface area contributed by atoms with Gasteiger partial charge in [0.2, 0.25) is 0 Å². The van der Waals surface area contributed by atoms with Crippen LogP contribution in [0.15, 0.2) is 0 Å². The summed E-state index contributed by atoms with van der Waals surface area (Å²) in [6.45, 7) is 4.82. The molecule has 1 aliphatic carbocycles. The number of rotatable bonds is 1. The van der Waals surface area contributed by atoms with Gasteiger partial charge in [-0.2, -0.15) is 0 Å². The molecular weight excluding hydrogens is 180 g/mol. The van der Waals surface area contributed by atoms with Crippen molar-refractivity contribution in [1.82, 2.24) is 0 Å². The van der Waals surface area contributed by atoms with E-state index in [9.17, 15) is 0 Å². The van der Waals surface area contributed by atoms with Crippen LogP contribution in [0.2, 0.25) is 0 Å². The number of hydrogen-bond donors (Lipinski definition) is 0. The minimum atomic E-state index is 0.990. The van der Waals surface area contributed by atoms with Crippen LogP contribution in [0.4, 0.5) is 0 Å².